The van der Waals surface area contributed by atoms with E-state index in [-0.39, 0.29) is 5.91 Å². The number of amides is 1. The Morgan fingerprint density at radius 1 is 1.21 bits per heavy atom. The van der Waals surface area contributed by atoms with Gasteiger partial charge in [0.25, 0.3) is 0 Å². The molecule has 24 heavy (non-hydrogen) atoms. The molecule has 1 N–H and O–H groups in total. The summed E-state index contributed by atoms with van der Waals surface area (Å²) in [7, 11) is 0. The summed E-state index contributed by atoms with van der Waals surface area (Å²) in [5, 5.41) is 4.20. The Morgan fingerprint density at radius 3 is 2.54 bits per heavy atom. The molecule has 0 aliphatic heterocycles. The number of carbonyl (C=O) groups is 1. The van der Waals surface area contributed by atoms with Crippen LogP contribution in [-0.4, -0.2) is 12.5 Å². The second kappa shape index (κ2) is 8.75. The van der Waals surface area contributed by atoms with E-state index in [0.717, 1.165) is 32.1 Å². The summed E-state index contributed by atoms with van der Waals surface area (Å²) in [6.07, 6.45) is 0.998. The summed E-state index contributed by atoms with van der Waals surface area (Å²) >= 11 is 15.5. The number of rotatable bonds is 6. The third kappa shape index (κ3) is 5.13. The van der Waals surface area contributed by atoms with Crippen molar-refractivity contribution in [3.05, 3.63) is 56.0 Å². The molecule has 2 rings (SSSR count). The SMILES string of the molecule is Cc1cc(OCCCC(=O)Nc2ccc(Cl)cc2)c(Br)c(C)c1Cl. The lowest BCUT2D eigenvalue weighted by atomic mass is 10.1. The fourth-order valence-electron chi connectivity index (χ4n) is 2.18. The van der Waals surface area contributed by atoms with E-state index in [2.05, 4.69) is 21.2 Å². The third-order valence-electron chi connectivity index (χ3n) is 3.50. The van der Waals surface area contributed by atoms with Crippen LogP contribution in [0, 0.1) is 13.8 Å². The first-order chi connectivity index (χ1) is 11.4. The zero-order chi connectivity index (χ0) is 17.7. The first-order valence-corrected chi connectivity index (χ1v) is 9.07. The predicted octanol–water partition coefficient (Wildman–Crippen LogP) is 6.17. The summed E-state index contributed by atoms with van der Waals surface area (Å²) < 4.78 is 6.62. The number of hydrogen-bond acceptors (Lipinski definition) is 2. The van der Waals surface area contributed by atoms with Crippen molar-refractivity contribution in [2.45, 2.75) is 26.7 Å². The van der Waals surface area contributed by atoms with Crippen LogP contribution in [0.3, 0.4) is 0 Å². The lowest BCUT2D eigenvalue weighted by Crippen LogP contribution is -2.12. The van der Waals surface area contributed by atoms with Crippen LogP contribution in [-0.2, 0) is 4.79 Å². The van der Waals surface area contributed by atoms with Gasteiger partial charge in [-0.1, -0.05) is 23.2 Å². The number of carbonyl (C=O) groups excluding carboxylic acids is 1. The van der Waals surface area contributed by atoms with Gasteiger partial charge in [0.05, 0.1) is 11.1 Å². The lowest BCUT2D eigenvalue weighted by molar-refractivity contribution is -0.116. The fraction of sp³-hybridized carbons (Fsp3) is 0.278. The number of ether oxygens (including phenoxy) is 1. The maximum absolute atomic E-state index is 11.9. The Kier molecular flexibility index (Phi) is 6.96. The minimum absolute atomic E-state index is 0.0524. The standard InChI is InChI=1S/C18H18BrCl2NO2/c1-11-10-15(17(19)12(2)18(11)21)24-9-3-4-16(23)22-14-7-5-13(20)6-8-14/h5-8,10H,3-4,9H2,1-2H3,(H,22,23). The van der Waals surface area contributed by atoms with E-state index < -0.39 is 0 Å². The van der Waals surface area contributed by atoms with Gasteiger partial charge in [0.15, 0.2) is 0 Å². The monoisotopic (exact) mass is 429 g/mol. The molecular weight excluding hydrogens is 413 g/mol. The third-order valence-corrected chi connectivity index (χ3v) is 5.32. The maximum atomic E-state index is 11.9. The van der Waals surface area contributed by atoms with Gasteiger partial charge < -0.3 is 10.1 Å². The number of anilines is 1. The Morgan fingerprint density at radius 2 is 1.88 bits per heavy atom. The lowest BCUT2D eigenvalue weighted by Gasteiger charge is -2.13. The molecule has 1 amide bonds. The maximum Gasteiger partial charge on any atom is 0.224 e. The molecule has 3 nitrogen and oxygen atoms in total. The Balaban J connectivity index is 1.81. The molecule has 0 saturated heterocycles. The van der Waals surface area contributed by atoms with Gasteiger partial charge in [-0.3, -0.25) is 4.79 Å². The zero-order valence-corrected chi connectivity index (χ0v) is 16.6. The number of aryl methyl sites for hydroxylation is 1. The first kappa shape index (κ1) is 19.1. The zero-order valence-electron chi connectivity index (χ0n) is 13.5. The molecule has 0 bridgehead atoms. The topological polar surface area (TPSA) is 38.3 Å². The van der Waals surface area contributed by atoms with Gasteiger partial charge in [0, 0.05) is 22.2 Å². The van der Waals surface area contributed by atoms with Crippen molar-refractivity contribution in [2.75, 3.05) is 11.9 Å². The summed E-state index contributed by atoms with van der Waals surface area (Å²) in [6, 6.07) is 8.92. The fourth-order valence-corrected chi connectivity index (χ4v) is 2.99. The van der Waals surface area contributed by atoms with E-state index >= 15 is 0 Å². The van der Waals surface area contributed by atoms with E-state index in [9.17, 15) is 4.79 Å². The predicted molar refractivity (Wildman–Crippen MR) is 103 cm³/mol. The molecule has 0 aromatic heterocycles. The van der Waals surface area contributed by atoms with Crippen LogP contribution in [0.4, 0.5) is 5.69 Å². The molecule has 0 atom stereocenters. The van der Waals surface area contributed by atoms with Crippen molar-refractivity contribution in [1.82, 2.24) is 0 Å². The molecule has 0 heterocycles. The summed E-state index contributed by atoms with van der Waals surface area (Å²) in [6.45, 7) is 4.33. The van der Waals surface area contributed by atoms with Crippen molar-refractivity contribution in [3.8, 4) is 5.75 Å². The highest BCUT2D eigenvalue weighted by molar-refractivity contribution is 9.10. The van der Waals surface area contributed by atoms with Gasteiger partial charge in [-0.25, -0.2) is 0 Å². The quantitative estimate of drug-likeness (QED) is 0.556. The Bertz CT molecular complexity index is 733. The van der Waals surface area contributed by atoms with E-state index in [1.165, 1.54) is 0 Å². The highest BCUT2D eigenvalue weighted by Crippen LogP contribution is 2.35. The largest absolute Gasteiger partial charge is 0.492 e. The molecular formula is C18H18BrCl2NO2. The Labute approximate surface area is 160 Å². The van der Waals surface area contributed by atoms with Crippen molar-refractivity contribution in [1.29, 1.82) is 0 Å². The van der Waals surface area contributed by atoms with Crippen molar-refractivity contribution < 1.29 is 9.53 Å². The van der Waals surface area contributed by atoms with E-state index in [1.54, 1.807) is 24.3 Å². The highest BCUT2D eigenvalue weighted by atomic mass is 79.9. The van der Waals surface area contributed by atoms with Gasteiger partial charge in [0.1, 0.15) is 5.75 Å². The highest BCUT2D eigenvalue weighted by Gasteiger charge is 2.11. The number of hydrogen-bond donors (Lipinski definition) is 1. The van der Waals surface area contributed by atoms with Crippen LogP contribution in [0.15, 0.2) is 34.8 Å². The van der Waals surface area contributed by atoms with Crippen LogP contribution in [0.5, 0.6) is 5.75 Å². The average Bonchev–Trinajstić information content (AvgIpc) is 2.56. The molecule has 0 unspecified atom stereocenters. The molecule has 0 fully saturated rings. The Hall–Kier alpha value is -1.23. The normalized spacial score (nSPS) is 10.5. The second-order valence-corrected chi connectivity index (χ2v) is 7.06. The molecule has 0 aliphatic rings. The summed E-state index contributed by atoms with van der Waals surface area (Å²) in [5.41, 5.74) is 2.65. The molecule has 128 valence electrons. The van der Waals surface area contributed by atoms with Crippen LogP contribution in [0.1, 0.15) is 24.0 Å². The van der Waals surface area contributed by atoms with Gasteiger partial charge >= 0.3 is 0 Å². The minimum Gasteiger partial charge on any atom is -0.492 e. The van der Waals surface area contributed by atoms with Crippen LogP contribution >= 0.6 is 39.1 Å². The second-order valence-electron chi connectivity index (χ2n) is 5.45. The molecule has 0 aliphatic carbocycles. The molecule has 0 radical (unpaired) electrons. The van der Waals surface area contributed by atoms with E-state index in [1.807, 2.05) is 19.9 Å². The van der Waals surface area contributed by atoms with E-state index in [4.69, 9.17) is 27.9 Å². The van der Waals surface area contributed by atoms with Crippen LogP contribution < -0.4 is 10.1 Å². The molecule has 2 aromatic rings. The number of benzene rings is 2. The van der Waals surface area contributed by atoms with Gasteiger partial charge in [-0.15, -0.1) is 0 Å². The molecule has 2 aromatic carbocycles. The first-order valence-electron chi connectivity index (χ1n) is 7.52. The smallest absolute Gasteiger partial charge is 0.224 e. The van der Waals surface area contributed by atoms with E-state index in [0.29, 0.717) is 24.5 Å². The minimum atomic E-state index is -0.0524. The number of halogens is 3. The average molecular weight is 431 g/mol. The summed E-state index contributed by atoms with van der Waals surface area (Å²) in [4.78, 5) is 11.9. The van der Waals surface area contributed by atoms with Crippen LogP contribution in [0.2, 0.25) is 10.0 Å². The van der Waals surface area contributed by atoms with Gasteiger partial charge in [-0.2, -0.15) is 0 Å². The van der Waals surface area contributed by atoms with Crippen LogP contribution in [0.25, 0.3) is 0 Å². The van der Waals surface area contributed by atoms with Crippen molar-refractivity contribution in [2.24, 2.45) is 0 Å². The molecule has 6 heteroatoms. The summed E-state index contributed by atoms with van der Waals surface area (Å²) in [5.74, 6) is 0.691. The van der Waals surface area contributed by atoms with Gasteiger partial charge in [-0.05, 0) is 77.7 Å². The molecule has 0 spiro atoms. The number of nitrogens with one attached hydrogen (secondary N) is 1. The van der Waals surface area contributed by atoms with Crippen molar-refractivity contribution in [3.63, 3.8) is 0 Å². The van der Waals surface area contributed by atoms with Crippen molar-refractivity contribution >= 4 is 50.7 Å². The molecule has 0 saturated carbocycles. The van der Waals surface area contributed by atoms with Gasteiger partial charge in [0.2, 0.25) is 5.91 Å².